The highest BCUT2D eigenvalue weighted by atomic mass is 19.1. The van der Waals surface area contributed by atoms with Crippen LogP contribution in [0.1, 0.15) is 35.7 Å². The summed E-state index contributed by atoms with van der Waals surface area (Å²) in [5.74, 6) is -0.817. The second-order valence-electron chi connectivity index (χ2n) is 9.63. The molecule has 1 fully saturated rings. The molecular weight excluding hydrogens is 489 g/mol. The van der Waals surface area contributed by atoms with Gasteiger partial charge in [-0.15, -0.1) is 0 Å². The van der Waals surface area contributed by atoms with Gasteiger partial charge in [-0.1, -0.05) is 18.2 Å². The number of benzene rings is 2. The van der Waals surface area contributed by atoms with E-state index in [9.17, 15) is 18.8 Å². The van der Waals surface area contributed by atoms with Crippen LogP contribution in [0.25, 0.3) is 22.1 Å². The molecule has 8 nitrogen and oxygen atoms in total. The maximum absolute atomic E-state index is 14.8. The summed E-state index contributed by atoms with van der Waals surface area (Å²) in [4.78, 5) is 39.0. The van der Waals surface area contributed by atoms with E-state index >= 15 is 0 Å². The predicted octanol–water partition coefficient (Wildman–Crippen LogP) is 5.35. The van der Waals surface area contributed by atoms with Crippen molar-refractivity contribution in [3.63, 3.8) is 0 Å². The zero-order chi connectivity index (χ0) is 27.1. The van der Waals surface area contributed by atoms with Crippen molar-refractivity contribution < 1.29 is 18.3 Å². The molecule has 2 N–H and O–H groups in total. The molecule has 1 amide bonds. The van der Waals surface area contributed by atoms with Crippen molar-refractivity contribution in [2.75, 3.05) is 24.4 Å². The minimum Gasteiger partial charge on any atom is -0.421 e. The number of halogens is 1. The number of aromatic nitrogens is 1. The first-order valence-electron chi connectivity index (χ1n) is 12.3. The van der Waals surface area contributed by atoms with Crippen LogP contribution >= 0.6 is 0 Å². The van der Waals surface area contributed by atoms with Crippen LogP contribution in [-0.2, 0) is 9.53 Å². The van der Waals surface area contributed by atoms with E-state index in [-0.39, 0.29) is 52.0 Å². The summed E-state index contributed by atoms with van der Waals surface area (Å²) in [6, 6.07) is 11.8. The molecule has 9 heteroatoms. The molecule has 1 aliphatic rings. The van der Waals surface area contributed by atoms with Crippen LogP contribution in [0.2, 0.25) is 0 Å². The summed E-state index contributed by atoms with van der Waals surface area (Å²) in [6.45, 7) is 5.04. The minimum absolute atomic E-state index is 0.0198. The number of nitrogens with one attached hydrogen (secondary N) is 2. The van der Waals surface area contributed by atoms with E-state index in [1.807, 2.05) is 13.0 Å². The first-order chi connectivity index (χ1) is 18.2. The van der Waals surface area contributed by atoms with Crippen molar-refractivity contribution in [3.8, 4) is 11.1 Å². The predicted molar refractivity (Wildman–Crippen MR) is 145 cm³/mol. The third-order valence-corrected chi connectivity index (χ3v) is 6.74. The number of hydrogen-bond acceptors (Lipinski definition) is 6. The Labute approximate surface area is 218 Å². The van der Waals surface area contributed by atoms with Gasteiger partial charge >= 0.3 is 5.63 Å². The second kappa shape index (κ2) is 9.90. The van der Waals surface area contributed by atoms with Crippen molar-refractivity contribution in [1.29, 1.82) is 0 Å². The summed E-state index contributed by atoms with van der Waals surface area (Å²) in [5, 5.41) is 5.96. The number of carbonyl (C=O) groups excluding carboxylic acids is 1. The molecule has 0 aliphatic heterocycles. The van der Waals surface area contributed by atoms with Gasteiger partial charge in [-0.05, 0) is 69.0 Å². The number of pyridine rings is 1. The third kappa shape index (κ3) is 4.61. The molecule has 4 aromatic rings. The van der Waals surface area contributed by atoms with E-state index in [0.29, 0.717) is 22.5 Å². The molecule has 1 aliphatic carbocycles. The van der Waals surface area contributed by atoms with Gasteiger partial charge in [0.25, 0.3) is 5.56 Å². The van der Waals surface area contributed by atoms with Crippen LogP contribution in [0.15, 0.2) is 56.5 Å². The van der Waals surface area contributed by atoms with E-state index in [4.69, 9.17) is 9.15 Å². The molecule has 0 radical (unpaired) electrons. The lowest BCUT2D eigenvalue weighted by atomic mass is 9.99. The Morgan fingerprint density at radius 2 is 1.89 bits per heavy atom. The Bertz CT molecular complexity index is 1700. The fraction of sp³-hybridized carbons (Fsp3) is 0.276. The van der Waals surface area contributed by atoms with Gasteiger partial charge in [-0.3, -0.25) is 9.59 Å². The quantitative estimate of drug-likeness (QED) is 0.343. The lowest BCUT2D eigenvalue weighted by Gasteiger charge is -2.20. The molecule has 0 spiro atoms. The van der Waals surface area contributed by atoms with Crippen LogP contribution < -0.4 is 21.8 Å². The highest BCUT2D eigenvalue weighted by Gasteiger charge is 2.31. The fourth-order valence-electron chi connectivity index (χ4n) is 4.77. The van der Waals surface area contributed by atoms with Crippen molar-refractivity contribution in [1.82, 2.24) is 4.57 Å². The van der Waals surface area contributed by atoms with Gasteiger partial charge in [-0.2, -0.15) is 0 Å². The van der Waals surface area contributed by atoms with E-state index in [1.54, 1.807) is 48.7 Å². The lowest BCUT2D eigenvalue weighted by molar-refractivity contribution is -0.119. The Hall–Kier alpha value is -4.24. The molecule has 2 heterocycles. The largest absolute Gasteiger partial charge is 0.421 e. The van der Waals surface area contributed by atoms with E-state index in [1.165, 1.54) is 13.2 Å². The first kappa shape index (κ1) is 25.4. The van der Waals surface area contributed by atoms with Crippen molar-refractivity contribution in [2.45, 2.75) is 39.7 Å². The normalized spacial score (nSPS) is 13.1. The number of anilines is 3. The van der Waals surface area contributed by atoms with Gasteiger partial charge in [0.05, 0.1) is 16.9 Å². The number of aryl methyl sites for hydroxylation is 1. The number of nitrogens with zero attached hydrogens (tertiary/aromatic N) is 1. The van der Waals surface area contributed by atoms with E-state index in [0.717, 1.165) is 18.4 Å². The molecule has 0 bridgehead atoms. The molecule has 5 rings (SSSR count). The van der Waals surface area contributed by atoms with Gasteiger partial charge in [0.2, 0.25) is 5.91 Å². The van der Waals surface area contributed by atoms with Crippen LogP contribution in [0.4, 0.5) is 21.5 Å². The number of rotatable bonds is 7. The number of carbonyl (C=O) groups is 1. The molecular formula is C29H28FN3O5. The lowest BCUT2D eigenvalue weighted by Crippen LogP contribution is -2.25. The summed E-state index contributed by atoms with van der Waals surface area (Å²) < 4.78 is 27.2. The monoisotopic (exact) mass is 517 g/mol. The molecule has 2 aromatic heterocycles. The zero-order valence-corrected chi connectivity index (χ0v) is 21.6. The Balaban J connectivity index is 1.79. The van der Waals surface area contributed by atoms with Crippen molar-refractivity contribution >= 4 is 33.9 Å². The Morgan fingerprint density at radius 1 is 1.13 bits per heavy atom. The number of hydrogen-bond donors (Lipinski definition) is 2. The number of ether oxygens (including phenoxy) is 1. The molecule has 0 unspecified atom stereocenters. The summed E-state index contributed by atoms with van der Waals surface area (Å²) >= 11 is 0. The maximum Gasteiger partial charge on any atom is 0.341 e. The molecule has 196 valence electrons. The first-order valence-corrected chi connectivity index (χ1v) is 12.3. The van der Waals surface area contributed by atoms with Crippen LogP contribution in [0, 0.1) is 26.6 Å². The minimum atomic E-state index is -0.638. The van der Waals surface area contributed by atoms with Crippen LogP contribution in [0.3, 0.4) is 0 Å². The summed E-state index contributed by atoms with van der Waals surface area (Å²) in [7, 11) is 1.44. The summed E-state index contributed by atoms with van der Waals surface area (Å²) in [5.41, 5.74) is 2.81. The number of fused-ring (bicyclic) bond motifs is 1. The Morgan fingerprint density at radius 3 is 2.58 bits per heavy atom. The third-order valence-electron chi connectivity index (χ3n) is 6.74. The van der Waals surface area contributed by atoms with Crippen LogP contribution in [0.5, 0.6) is 0 Å². The molecule has 2 aromatic carbocycles. The van der Waals surface area contributed by atoms with E-state index in [2.05, 4.69) is 10.6 Å². The molecule has 0 atom stereocenters. The van der Waals surface area contributed by atoms with Gasteiger partial charge < -0.3 is 24.4 Å². The van der Waals surface area contributed by atoms with Crippen molar-refractivity contribution in [3.05, 3.63) is 85.9 Å². The van der Waals surface area contributed by atoms with Gasteiger partial charge in [0.15, 0.2) is 5.58 Å². The molecule has 38 heavy (non-hydrogen) atoms. The number of methoxy groups -OCH3 is 1. The SMILES string of the molecule is COCC(=O)Nc1cccc(-c2c(C)n(C3CC3)c(=O)c3c(Nc4ccc(C)cc4F)c(C)c(=O)oc23)c1. The second-order valence-corrected chi connectivity index (χ2v) is 9.63. The fourth-order valence-corrected chi connectivity index (χ4v) is 4.77. The zero-order valence-electron chi connectivity index (χ0n) is 21.6. The summed E-state index contributed by atoms with van der Waals surface area (Å²) in [6.07, 6.45) is 1.70. The standard InChI is InChI=1S/C29H28FN3O5/c1-15-8-11-22(21(30)12-15)32-26-16(2)29(36)38-27-24(17(3)33(20-9-10-20)28(35)25(26)27)18-6-5-7-19(13-18)31-23(34)14-37-4/h5-8,11-13,20,32H,9-10,14H2,1-4H3,(H,31,34). The highest BCUT2D eigenvalue weighted by Crippen LogP contribution is 2.41. The van der Waals surface area contributed by atoms with Crippen molar-refractivity contribution in [2.24, 2.45) is 0 Å². The molecule has 1 saturated carbocycles. The molecule has 0 saturated heterocycles. The van der Waals surface area contributed by atoms with Gasteiger partial charge in [0.1, 0.15) is 17.8 Å². The van der Waals surface area contributed by atoms with E-state index < -0.39 is 11.4 Å². The topological polar surface area (TPSA) is 103 Å². The van der Waals surface area contributed by atoms with Gasteiger partial charge in [-0.25, -0.2) is 9.18 Å². The maximum atomic E-state index is 14.8. The average molecular weight is 518 g/mol. The smallest absolute Gasteiger partial charge is 0.341 e. The Kier molecular flexibility index (Phi) is 6.62. The highest BCUT2D eigenvalue weighted by molar-refractivity contribution is 6.02. The number of amides is 1. The van der Waals surface area contributed by atoms with Gasteiger partial charge in [0, 0.05) is 30.1 Å². The van der Waals surface area contributed by atoms with Crippen LogP contribution in [-0.4, -0.2) is 24.2 Å². The average Bonchev–Trinajstić information content (AvgIpc) is 3.69.